The summed E-state index contributed by atoms with van der Waals surface area (Å²) >= 11 is 11.8. The van der Waals surface area contributed by atoms with Gasteiger partial charge < -0.3 is 5.32 Å². The van der Waals surface area contributed by atoms with Crippen LogP contribution in [-0.2, 0) is 4.79 Å². The molecule has 0 atom stereocenters. The molecule has 5 nitrogen and oxygen atoms in total. The highest BCUT2D eigenvalue weighted by Gasteiger charge is 2.34. The fourth-order valence-corrected chi connectivity index (χ4v) is 3.26. The Bertz CT molecular complexity index is 912. The number of nitrogens with zero attached hydrogens (tertiary/aromatic N) is 1. The van der Waals surface area contributed by atoms with E-state index in [9.17, 15) is 14.4 Å². The molecule has 1 heterocycles. The van der Waals surface area contributed by atoms with Gasteiger partial charge in [0.1, 0.15) is 0 Å². The number of carbonyl (C=O) groups excluding carboxylic acids is 3. The number of rotatable bonds is 5. The number of anilines is 1. The lowest BCUT2D eigenvalue weighted by atomic mass is 10.1. The molecule has 2 aromatic carbocycles. The summed E-state index contributed by atoms with van der Waals surface area (Å²) in [4.78, 5) is 38.0. The lowest BCUT2D eigenvalue weighted by Crippen LogP contribution is -2.31. The van der Waals surface area contributed by atoms with Crippen LogP contribution in [0.4, 0.5) is 5.69 Å². The molecule has 1 aliphatic rings. The molecule has 7 heteroatoms. The highest BCUT2D eigenvalue weighted by molar-refractivity contribution is 6.36. The molecule has 134 valence electrons. The first-order valence-corrected chi connectivity index (χ1v) is 8.84. The Morgan fingerprint density at radius 2 is 1.77 bits per heavy atom. The molecule has 0 saturated heterocycles. The first-order valence-electron chi connectivity index (χ1n) is 8.08. The van der Waals surface area contributed by atoms with Crippen molar-refractivity contribution in [1.29, 1.82) is 0 Å². The van der Waals surface area contributed by atoms with Crippen LogP contribution in [0, 0.1) is 6.92 Å². The molecule has 0 aliphatic carbocycles. The van der Waals surface area contributed by atoms with Crippen LogP contribution in [-0.4, -0.2) is 29.2 Å². The number of imide groups is 1. The summed E-state index contributed by atoms with van der Waals surface area (Å²) in [7, 11) is 0. The smallest absolute Gasteiger partial charge is 0.261 e. The molecule has 0 spiro atoms. The van der Waals surface area contributed by atoms with Gasteiger partial charge in [-0.1, -0.05) is 34.8 Å². The third-order valence-corrected chi connectivity index (χ3v) is 4.66. The lowest BCUT2D eigenvalue weighted by molar-refractivity contribution is -0.116. The Labute approximate surface area is 160 Å². The zero-order chi connectivity index (χ0) is 18.8. The van der Waals surface area contributed by atoms with E-state index in [4.69, 9.17) is 23.2 Å². The van der Waals surface area contributed by atoms with Crippen molar-refractivity contribution in [3.8, 4) is 0 Å². The van der Waals surface area contributed by atoms with Crippen molar-refractivity contribution in [1.82, 2.24) is 4.90 Å². The molecule has 0 aromatic heterocycles. The predicted octanol–water partition coefficient (Wildman–Crippen LogP) is 4.32. The van der Waals surface area contributed by atoms with E-state index in [-0.39, 0.29) is 30.7 Å². The summed E-state index contributed by atoms with van der Waals surface area (Å²) in [5, 5.41) is 3.52. The van der Waals surface area contributed by atoms with Crippen LogP contribution >= 0.6 is 23.2 Å². The Hall–Kier alpha value is -2.37. The second-order valence-electron chi connectivity index (χ2n) is 6.09. The standard InChI is InChI=1S/C19H16Cl2N2O3/c1-11-4-6-13-14(9-11)19(26)23(18(13)25)8-2-3-17(24)22-16-7-5-12(20)10-15(16)21/h4-7,9-10H,2-3,8H2,1H3,(H,22,24). The lowest BCUT2D eigenvalue weighted by Gasteiger charge is -2.13. The normalized spacial score (nSPS) is 13.1. The molecular weight excluding hydrogens is 375 g/mol. The van der Waals surface area contributed by atoms with Crippen LogP contribution in [0.25, 0.3) is 0 Å². The van der Waals surface area contributed by atoms with Crippen molar-refractivity contribution >= 4 is 46.6 Å². The molecule has 2 aromatic rings. The zero-order valence-corrected chi connectivity index (χ0v) is 15.5. The average Bonchev–Trinajstić information content (AvgIpc) is 2.82. The van der Waals surface area contributed by atoms with E-state index in [1.54, 1.807) is 36.4 Å². The molecule has 1 aliphatic heterocycles. The third-order valence-electron chi connectivity index (χ3n) is 4.12. The number of fused-ring (bicyclic) bond motifs is 1. The second kappa shape index (κ2) is 7.48. The number of benzene rings is 2. The number of amides is 3. The first-order chi connectivity index (χ1) is 12.4. The van der Waals surface area contributed by atoms with Crippen molar-refractivity contribution < 1.29 is 14.4 Å². The van der Waals surface area contributed by atoms with E-state index < -0.39 is 0 Å². The Balaban J connectivity index is 1.56. The zero-order valence-electron chi connectivity index (χ0n) is 14.0. The monoisotopic (exact) mass is 390 g/mol. The van der Waals surface area contributed by atoms with Crippen molar-refractivity contribution in [3.05, 3.63) is 63.1 Å². The number of aryl methyl sites for hydroxylation is 1. The van der Waals surface area contributed by atoms with E-state index in [2.05, 4.69) is 5.32 Å². The largest absolute Gasteiger partial charge is 0.325 e. The molecule has 26 heavy (non-hydrogen) atoms. The van der Waals surface area contributed by atoms with Crippen molar-refractivity contribution in [2.24, 2.45) is 0 Å². The molecule has 1 N–H and O–H groups in total. The maximum atomic E-state index is 12.4. The fourth-order valence-electron chi connectivity index (χ4n) is 2.81. The summed E-state index contributed by atoms with van der Waals surface area (Å²) in [5.74, 6) is -0.873. The molecule has 3 rings (SSSR count). The highest BCUT2D eigenvalue weighted by atomic mass is 35.5. The van der Waals surface area contributed by atoms with Gasteiger partial charge in [0, 0.05) is 18.0 Å². The molecule has 0 saturated carbocycles. The topological polar surface area (TPSA) is 66.5 Å². The fraction of sp³-hybridized carbons (Fsp3) is 0.211. The van der Waals surface area contributed by atoms with Gasteiger partial charge in [-0.05, 0) is 43.7 Å². The van der Waals surface area contributed by atoms with E-state index in [1.807, 2.05) is 6.92 Å². The number of hydrogen-bond acceptors (Lipinski definition) is 3. The molecule has 0 bridgehead atoms. The van der Waals surface area contributed by atoms with Crippen LogP contribution in [0.5, 0.6) is 0 Å². The molecular formula is C19H16Cl2N2O3. The van der Waals surface area contributed by atoms with E-state index >= 15 is 0 Å². The Morgan fingerprint density at radius 3 is 2.50 bits per heavy atom. The number of carbonyl (C=O) groups is 3. The van der Waals surface area contributed by atoms with Gasteiger partial charge in [-0.25, -0.2) is 0 Å². The molecule has 0 fully saturated rings. The van der Waals surface area contributed by atoms with Gasteiger partial charge in [-0.3, -0.25) is 19.3 Å². The van der Waals surface area contributed by atoms with Crippen molar-refractivity contribution in [3.63, 3.8) is 0 Å². The summed E-state index contributed by atoms with van der Waals surface area (Å²) < 4.78 is 0. The van der Waals surface area contributed by atoms with Gasteiger partial charge in [-0.15, -0.1) is 0 Å². The maximum Gasteiger partial charge on any atom is 0.261 e. The minimum Gasteiger partial charge on any atom is -0.325 e. The van der Waals surface area contributed by atoms with Gasteiger partial charge >= 0.3 is 0 Å². The van der Waals surface area contributed by atoms with Gasteiger partial charge in [0.15, 0.2) is 0 Å². The first kappa shape index (κ1) is 18.4. The van der Waals surface area contributed by atoms with E-state index in [1.165, 1.54) is 4.90 Å². The van der Waals surface area contributed by atoms with Gasteiger partial charge in [0.05, 0.1) is 21.8 Å². The number of nitrogens with one attached hydrogen (secondary N) is 1. The minimum atomic E-state index is -0.314. The summed E-state index contributed by atoms with van der Waals surface area (Å²) in [6.45, 7) is 2.06. The average molecular weight is 391 g/mol. The second-order valence-corrected chi connectivity index (χ2v) is 6.93. The van der Waals surface area contributed by atoms with E-state index in [0.717, 1.165) is 5.56 Å². The Kier molecular flexibility index (Phi) is 5.30. The van der Waals surface area contributed by atoms with Crippen LogP contribution in [0.3, 0.4) is 0 Å². The maximum absolute atomic E-state index is 12.4. The molecule has 0 unspecified atom stereocenters. The van der Waals surface area contributed by atoms with Crippen LogP contribution in [0.15, 0.2) is 36.4 Å². The van der Waals surface area contributed by atoms with Crippen molar-refractivity contribution in [2.75, 3.05) is 11.9 Å². The SMILES string of the molecule is Cc1ccc2c(c1)C(=O)N(CCCC(=O)Nc1ccc(Cl)cc1Cl)C2=O. The summed E-state index contributed by atoms with van der Waals surface area (Å²) in [6.07, 6.45) is 0.521. The van der Waals surface area contributed by atoms with Crippen molar-refractivity contribution in [2.45, 2.75) is 19.8 Å². The quantitative estimate of drug-likeness (QED) is 0.773. The van der Waals surface area contributed by atoms with Gasteiger partial charge in [0.2, 0.25) is 5.91 Å². The number of hydrogen-bond donors (Lipinski definition) is 1. The van der Waals surface area contributed by atoms with Crippen LogP contribution < -0.4 is 5.32 Å². The summed E-state index contributed by atoms with van der Waals surface area (Å²) in [5.41, 5.74) is 2.23. The van der Waals surface area contributed by atoms with Gasteiger partial charge in [-0.2, -0.15) is 0 Å². The molecule has 3 amide bonds. The molecule has 0 radical (unpaired) electrons. The highest BCUT2D eigenvalue weighted by Crippen LogP contribution is 2.26. The minimum absolute atomic E-state index is 0.158. The number of halogens is 2. The van der Waals surface area contributed by atoms with E-state index in [0.29, 0.717) is 33.3 Å². The van der Waals surface area contributed by atoms with Gasteiger partial charge in [0.25, 0.3) is 11.8 Å². The Morgan fingerprint density at radius 1 is 1.04 bits per heavy atom. The van der Waals surface area contributed by atoms with Crippen LogP contribution in [0.1, 0.15) is 39.1 Å². The summed E-state index contributed by atoms with van der Waals surface area (Å²) in [6, 6.07) is 9.97. The third kappa shape index (κ3) is 3.74. The predicted molar refractivity (Wildman–Crippen MR) is 101 cm³/mol. The van der Waals surface area contributed by atoms with Crippen LogP contribution in [0.2, 0.25) is 10.0 Å².